The average Bonchev–Trinajstić information content (AvgIpc) is 3.28. The molecule has 0 radical (unpaired) electrons. The van der Waals surface area contributed by atoms with Crippen LogP contribution in [0.3, 0.4) is 0 Å². The topological polar surface area (TPSA) is 97.6 Å². The summed E-state index contributed by atoms with van der Waals surface area (Å²) >= 11 is 4.30. The average molecular weight is 576 g/mol. The summed E-state index contributed by atoms with van der Waals surface area (Å²) in [5.74, 6) is -0.565. The van der Waals surface area contributed by atoms with Crippen LogP contribution in [0.2, 0.25) is 0 Å². The van der Waals surface area contributed by atoms with Crippen LogP contribution in [0, 0.1) is 22.9 Å². The SMILES string of the molecule is CC.CC.CSc1nc2c(F)c(Br)c(C)cc2c(NC2CCN(C(=O)OC(C)(C)C)C2)c1[N+](=O)[O-]. The van der Waals surface area contributed by atoms with E-state index in [0.717, 1.165) is 11.8 Å². The van der Waals surface area contributed by atoms with E-state index in [4.69, 9.17) is 4.74 Å². The Labute approximate surface area is 219 Å². The molecular formula is C24H36BrFN4O4S. The van der Waals surface area contributed by atoms with Crippen molar-refractivity contribution in [2.24, 2.45) is 0 Å². The van der Waals surface area contributed by atoms with Gasteiger partial charge in [-0.05, 0) is 67.9 Å². The first kappa shape index (κ1) is 30.9. The Bertz CT molecular complexity index is 1060. The molecule has 1 N–H and O–H groups in total. The van der Waals surface area contributed by atoms with Crippen LogP contribution in [0.15, 0.2) is 15.6 Å². The minimum atomic E-state index is -0.613. The summed E-state index contributed by atoms with van der Waals surface area (Å²) in [5.41, 5.74) is 0.0553. The van der Waals surface area contributed by atoms with Gasteiger partial charge in [0.25, 0.3) is 0 Å². The summed E-state index contributed by atoms with van der Waals surface area (Å²) in [6.45, 7) is 15.9. The van der Waals surface area contributed by atoms with Crippen molar-refractivity contribution < 1.29 is 18.8 Å². The first-order valence-electron chi connectivity index (χ1n) is 11.7. The molecule has 3 rings (SSSR count). The molecule has 1 amide bonds. The van der Waals surface area contributed by atoms with Gasteiger partial charge in [-0.15, -0.1) is 11.8 Å². The van der Waals surface area contributed by atoms with Crippen LogP contribution in [-0.2, 0) is 4.74 Å². The van der Waals surface area contributed by atoms with Crippen molar-refractivity contribution >= 4 is 56.1 Å². The molecule has 0 aliphatic carbocycles. The molecule has 1 fully saturated rings. The zero-order valence-corrected chi connectivity index (χ0v) is 24.3. The number of halogens is 2. The van der Waals surface area contributed by atoms with Gasteiger partial charge in [-0.2, -0.15) is 0 Å². The maximum Gasteiger partial charge on any atom is 0.410 e. The van der Waals surface area contributed by atoms with Crippen LogP contribution in [0.25, 0.3) is 10.9 Å². The lowest BCUT2D eigenvalue weighted by Crippen LogP contribution is -2.36. The van der Waals surface area contributed by atoms with Crippen LogP contribution in [0.5, 0.6) is 0 Å². The number of nitro groups is 1. The number of aromatic nitrogens is 1. The van der Waals surface area contributed by atoms with Gasteiger partial charge in [0.15, 0.2) is 10.8 Å². The summed E-state index contributed by atoms with van der Waals surface area (Å²) in [6, 6.07) is 1.42. The predicted octanol–water partition coefficient (Wildman–Crippen LogP) is 7.55. The second-order valence-electron chi connectivity index (χ2n) is 8.38. The number of likely N-dealkylation sites (tertiary alicyclic amines) is 1. The molecule has 1 saturated heterocycles. The van der Waals surface area contributed by atoms with Gasteiger partial charge in [-0.25, -0.2) is 14.2 Å². The van der Waals surface area contributed by atoms with Gasteiger partial charge in [0.2, 0.25) is 0 Å². The van der Waals surface area contributed by atoms with Crippen molar-refractivity contribution in [1.82, 2.24) is 9.88 Å². The zero-order valence-electron chi connectivity index (χ0n) is 21.9. The maximum atomic E-state index is 14.9. The minimum absolute atomic E-state index is 0.0527. The van der Waals surface area contributed by atoms with Crippen molar-refractivity contribution in [2.45, 2.75) is 78.5 Å². The fraction of sp³-hybridized carbons (Fsp3) is 0.583. The highest BCUT2D eigenvalue weighted by molar-refractivity contribution is 9.10. The molecular weight excluding hydrogens is 539 g/mol. The number of fused-ring (bicyclic) bond motifs is 1. The molecule has 196 valence electrons. The van der Waals surface area contributed by atoms with Crippen LogP contribution in [0.1, 0.15) is 60.5 Å². The van der Waals surface area contributed by atoms with Gasteiger partial charge < -0.3 is 15.0 Å². The summed E-state index contributed by atoms with van der Waals surface area (Å²) in [7, 11) is 0. The van der Waals surface area contributed by atoms with E-state index in [1.165, 1.54) is 0 Å². The van der Waals surface area contributed by atoms with Crippen LogP contribution < -0.4 is 5.32 Å². The van der Waals surface area contributed by atoms with Gasteiger partial charge in [0, 0.05) is 24.5 Å². The molecule has 11 heteroatoms. The molecule has 1 atom stereocenters. The van der Waals surface area contributed by atoms with Gasteiger partial charge in [0.05, 0.1) is 9.40 Å². The minimum Gasteiger partial charge on any atom is -0.444 e. The molecule has 1 unspecified atom stereocenters. The lowest BCUT2D eigenvalue weighted by atomic mass is 10.1. The van der Waals surface area contributed by atoms with Crippen molar-refractivity contribution in [2.75, 3.05) is 24.7 Å². The molecule has 2 heterocycles. The van der Waals surface area contributed by atoms with E-state index in [2.05, 4.69) is 26.2 Å². The van der Waals surface area contributed by atoms with Gasteiger partial charge in [-0.3, -0.25) is 10.1 Å². The summed E-state index contributed by atoms with van der Waals surface area (Å²) in [5, 5.41) is 15.6. The number of nitrogens with zero attached hydrogens (tertiary/aromatic N) is 3. The number of ether oxygens (including phenoxy) is 1. The molecule has 8 nitrogen and oxygen atoms in total. The van der Waals surface area contributed by atoms with E-state index in [1.54, 1.807) is 44.9 Å². The molecule has 1 aliphatic rings. The van der Waals surface area contributed by atoms with Crippen LogP contribution in [0.4, 0.5) is 20.6 Å². The van der Waals surface area contributed by atoms with Crippen molar-refractivity contribution in [3.05, 3.63) is 32.0 Å². The maximum absolute atomic E-state index is 14.9. The second-order valence-corrected chi connectivity index (χ2v) is 9.96. The molecule has 0 spiro atoms. The smallest absolute Gasteiger partial charge is 0.410 e. The molecule has 1 aliphatic heterocycles. The number of benzene rings is 1. The number of carbonyl (C=O) groups excluding carboxylic acids is 1. The van der Waals surface area contributed by atoms with Gasteiger partial charge in [-0.1, -0.05) is 27.7 Å². The fourth-order valence-corrected chi connectivity index (χ4v) is 4.32. The predicted molar refractivity (Wildman–Crippen MR) is 145 cm³/mol. The Hall–Kier alpha value is -2.14. The zero-order chi connectivity index (χ0) is 27.1. The number of aryl methyl sites for hydroxylation is 1. The second kappa shape index (κ2) is 13.2. The number of thioether (sulfide) groups is 1. The molecule has 1 aromatic carbocycles. The van der Waals surface area contributed by atoms with Crippen molar-refractivity contribution in [3.8, 4) is 0 Å². The van der Waals surface area contributed by atoms with Crippen LogP contribution in [-0.4, -0.2) is 51.9 Å². The first-order valence-corrected chi connectivity index (χ1v) is 13.7. The van der Waals surface area contributed by atoms with E-state index in [1.807, 2.05) is 27.7 Å². The highest BCUT2D eigenvalue weighted by Crippen LogP contribution is 2.42. The number of nitrogens with one attached hydrogen (secondary N) is 1. The third-order valence-corrected chi connectivity index (χ3v) is 6.49. The largest absolute Gasteiger partial charge is 0.444 e. The Morgan fingerprint density at radius 3 is 2.46 bits per heavy atom. The summed E-state index contributed by atoms with van der Waals surface area (Å²) in [6.07, 6.45) is 1.81. The number of amides is 1. The van der Waals surface area contributed by atoms with E-state index in [9.17, 15) is 19.3 Å². The Morgan fingerprint density at radius 1 is 1.34 bits per heavy atom. The summed E-state index contributed by atoms with van der Waals surface area (Å²) < 4.78 is 20.6. The molecule has 1 aromatic heterocycles. The highest BCUT2D eigenvalue weighted by Gasteiger charge is 2.33. The Morgan fingerprint density at radius 2 is 1.94 bits per heavy atom. The number of hydrogen-bond donors (Lipinski definition) is 1. The van der Waals surface area contributed by atoms with E-state index in [-0.39, 0.29) is 32.4 Å². The monoisotopic (exact) mass is 574 g/mol. The fourth-order valence-electron chi connectivity index (χ4n) is 3.46. The van der Waals surface area contributed by atoms with Crippen molar-refractivity contribution in [3.63, 3.8) is 0 Å². The number of rotatable bonds is 4. The number of pyridine rings is 1. The van der Waals surface area contributed by atoms with Gasteiger partial charge >= 0.3 is 11.8 Å². The standard InChI is InChI=1S/C20H24BrFN4O4S.2C2H6/c1-10-8-12-15(14(22)13(10)21)24-18(31-5)17(26(28)29)16(12)23-11-6-7-25(9-11)19(27)30-20(2,3)4;2*1-2/h8,11H,6-7,9H2,1-5H3,(H,23,24);2*1-2H3. The molecule has 35 heavy (non-hydrogen) atoms. The van der Waals surface area contributed by atoms with Crippen LogP contribution >= 0.6 is 27.7 Å². The highest BCUT2D eigenvalue weighted by atomic mass is 79.9. The lowest BCUT2D eigenvalue weighted by molar-refractivity contribution is -0.387. The number of hydrogen-bond acceptors (Lipinski definition) is 7. The Balaban J connectivity index is 0.00000145. The lowest BCUT2D eigenvalue weighted by Gasteiger charge is -2.24. The molecule has 0 bridgehead atoms. The third kappa shape index (κ3) is 7.42. The van der Waals surface area contributed by atoms with E-state index >= 15 is 0 Å². The third-order valence-electron chi connectivity index (χ3n) is 4.85. The normalized spacial score (nSPS) is 15.1. The first-order chi connectivity index (χ1) is 16.4. The van der Waals surface area contributed by atoms with Gasteiger partial charge in [0.1, 0.15) is 16.8 Å². The number of anilines is 1. The quantitative estimate of drug-likeness (QED) is 0.228. The number of carbonyl (C=O) groups is 1. The van der Waals surface area contributed by atoms with E-state index in [0.29, 0.717) is 30.5 Å². The molecule has 0 saturated carbocycles. The van der Waals surface area contributed by atoms with Crippen molar-refractivity contribution in [1.29, 1.82) is 0 Å². The Kier molecular flexibility index (Phi) is 11.7. The van der Waals surface area contributed by atoms with E-state index < -0.39 is 22.4 Å². The molecule has 2 aromatic rings. The summed E-state index contributed by atoms with van der Waals surface area (Å²) in [4.78, 5) is 29.6.